The molecule has 0 aliphatic rings. The van der Waals surface area contributed by atoms with Crippen molar-refractivity contribution in [2.75, 3.05) is 7.05 Å². The second-order valence-corrected chi connectivity index (χ2v) is 9.39. The molecular formula is C26H27N5OS. The van der Waals surface area contributed by atoms with Crippen LogP contribution in [0, 0.1) is 13.8 Å². The lowest BCUT2D eigenvalue weighted by Gasteiger charge is -2.21. The topological polar surface area (TPSA) is 63.9 Å². The van der Waals surface area contributed by atoms with E-state index in [-0.39, 0.29) is 11.2 Å². The zero-order valence-electron chi connectivity index (χ0n) is 19.3. The Morgan fingerprint density at radius 1 is 1.00 bits per heavy atom. The van der Waals surface area contributed by atoms with Gasteiger partial charge in [-0.3, -0.25) is 14.3 Å². The van der Waals surface area contributed by atoms with Gasteiger partial charge in [-0.1, -0.05) is 48.2 Å². The van der Waals surface area contributed by atoms with Gasteiger partial charge in [-0.05, 0) is 61.7 Å². The summed E-state index contributed by atoms with van der Waals surface area (Å²) in [6.07, 6.45) is 3.48. The van der Waals surface area contributed by atoms with Crippen LogP contribution >= 0.6 is 11.8 Å². The van der Waals surface area contributed by atoms with Gasteiger partial charge in [0.2, 0.25) is 5.91 Å². The van der Waals surface area contributed by atoms with Crippen LogP contribution in [0.5, 0.6) is 0 Å². The molecule has 0 aliphatic heterocycles. The van der Waals surface area contributed by atoms with Gasteiger partial charge in [-0.2, -0.15) is 0 Å². The Labute approximate surface area is 198 Å². The zero-order valence-corrected chi connectivity index (χ0v) is 20.1. The van der Waals surface area contributed by atoms with E-state index >= 15 is 0 Å². The number of rotatable bonds is 7. The normalized spacial score (nSPS) is 11.9. The smallest absolute Gasteiger partial charge is 0.235 e. The van der Waals surface area contributed by atoms with Crippen LogP contribution in [0.3, 0.4) is 0 Å². The quantitative estimate of drug-likeness (QED) is 0.362. The summed E-state index contributed by atoms with van der Waals surface area (Å²) in [4.78, 5) is 19.0. The predicted molar refractivity (Wildman–Crippen MR) is 132 cm³/mol. The van der Waals surface area contributed by atoms with Crippen molar-refractivity contribution in [3.63, 3.8) is 0 Å². The highest BCUT2D eigenvalue weighted by molar-refractivity contribution is 8.00. The Morgan fingerprint density at radius 2 is 1.73 bits per heavy atom. The number of aryl methyl sites for hydroxylation is 2. The van der Waals surface area contributed by atoms with E-state index < -0.39 is 0 Å². The molecule has 168 valence electrons. The Morgan fingerprint density at radius 3 is 2.42 bits per heavy atom. The Balaban J connectivity index is 1.64. The minimum absolute atomic E-state index is 0.0453. The molecule has 0 bridgehead atoms. The minimum atomic E-state index is -0.321. The van der Waals surface area contributed by atoms with Gasteiger partial charge >= 0.3 is 0 Å². The molecule has 0 spiro atoms. The fraction of sp³-hybridized carbons (Fsp3) is 0.231. The molecule has 7 heteroatoms. The first-order valence-corrected chi connectivity index (χ1v) is 11.7. The fourth-order valence-corrected chi connectivity index (χ4v) is 4.57. The van der Waals surface area contributed by atoms with Crippen LogP contribution in [-0.4, -0.2) is 42.9 Å². The van der Waals surface area contributed by atoms with E-state index in [1.54, 1.807) is 17.3 Å². The first kappa shape index (κ1) is 22.7. The number of pyridine rings is 1. The molecule has 6 nitrogen and oxygen atoms in total. The molecule has 1 unspecified atom stereocenters. The highest BCUT2D eigenvalue weighted by Gasteiger charge is 2.24. The van der Waals surface area contributed by atoms with Crippen molar-refractivity contribution in [1.29, 1.82) is 0 Å². The number of aromatic nitrogens is 4. The van der Waals surface area contributed by atoms with Crippen LogP contribution < -0.4 is 0 Å². The molecule has 0 aliphatic carbocycles. The minimum Gasteiger partial charge on any atom is -0.340 e. The first-order valence-electron chi connectivity index (χ1n) is 10.8. The van der Waals surface area contributed by atoms with Crippen LogP contribution in [0.2, 0.25) is 0 Å². The van der Waals surface area contributed by atoms with Crippen LogP contribution in [0.25, 0.3) is 17.1 Å². The van der Waals surface area contributed by atoms with Gasteiger partial charge in [0.25, 0.3) is 0 Å². The number of hydrogen-bond acceptors (Lipinski definition) is 5. The summed E-state index contributed by atoms with van der Waals surface area (Å²) >= 11 is 1.42. The lowest BCUT2D eigenvalue weighted by molar-refractivity contribution is -0.129. The predicted octanol–water partition coefficient (Wildman–Crippen LogP) is 5.09. The summed E-state index contributed by atoms with van der Waals surface area (Å²) in [5.74, 6) is 0.768. The van der Waals surface area contributed by atoms with Gasteiger partial charge in [0, 0.05) is 31.5 Å². The van der Waals surface area contributed by atoms with Gasteiger partial charge in [0.05, 0.1) is 10.9 Å². The van der Waals surface area contributed by atoms with E-state index in [0.29, 0.717) is 11.7 Å². The van der Waals surface area contributed by atoms with E-state index in [4.69, 9.17) is 0 Å². The molecule has 2 aromatic carbocycles. The van der Waals surface area contributed by atoms with Gasteiger partial charge in [0.15, 0.2) is 11.0 Å². The second kappa shape index (κ2) is 10.0. The largest absolute Gasteiger partial charge is 0.340 e. The standard InChI is InChI=1S/C26H27N5OS/c1-18-10-11-23(16-19(18)2)31-24(22-12-14-27-15-13-22)28-29-26(31)33-20(3)25(32)30(4)17-21-8-6-5-7-9-21/h5-16,20H,17H2,1-4H3. The molecule has 4 aromatic rings. The van der Waals surface area contributed by atoms with Crippen molar-refractivity contribution < 1.29 is 4.79 Å². The summed E-state index contributed by atoms with van der Waals surface area (Å²) in [7, 11) is 1.84. The highest BCUT2D eigenvalue weighted by atomic mass is 32.2. The summed E-state index contributed by atoms with van der Waals surface area (Å²) < 4.78 is 2.02. The maximum absolute atomic E-state index is 13.1. The number of hydrogen-bond donors (Lipinski definition) is 0. The van der Waals surface area contributed by atoms with E-state index in [1.807, 2.05) is 61.0 Å². The third-order valence-corrected chi connectivity index (χ3v) is 6.62. The van der Waals surface area contributed by atoms with Crippen molar-refractivity contribution in [3.8, 4) is 17.1 Å². The average molecular weight is 458 g/mol. The molecular weight excluding hydrogens is 430 g/mol. The fourth-order valence-electron chi connectivity index (χ4n) is 3.59. The molecule has 0 N–H and O–H groups in total. The summed E-state index contributed by atoms with van der Waals surface area (Å²) in [5.41, 5.74) is 5.39. The number of thioether (sulfide) groups is 1. The van der Waals surface area contributed by atoms with E-state index in [9.17, 15) is 4.79 Å². The van der Waals surface area contributed by atoms with Crippen molar-refractivity contribution in [2.45, 2.75) is 37.7 Å². The number of nitrogens with zero attached hydrogens (tertiary/aromatic N) is 5. The lowest BCUT2D eigenvalue weighted by Crippen LogP contribution is -2.32. The number of amides is 1. The summed E-state index contributed by atoms with van der Waals surface area (Å²) in [6.45, 7) is 6.66. The second-order valence-electron chi connectivity index (χ2n) is 8.09. The molecule has 0 saturated heterocycles. The highest BCUT2D eigenvalue weighted by Crippen LogP contribution is 2.31. The van der Waals surface area contributed by atoms with Gasteiger partial charge in [-0.15, -0.1) is 10.2 Å². The third-order valence-electron chi connectivity index (χ3n) is 5.59. The third kappa shape index (κ3) is 5.14. The summed E-state index contributed by atoms with van der Waals surface area (Å²) in [6, 6.07) is 20.1. The molecule has 1 amide bonds. The molecule has 2 heterocycles. The lowest BCUT2D eigenvalue weighted by atomic mass is 10.1. The van der Waals surface area contributed by atoms with Gasteiger partial charge in [0.1, 0.15) is 0 Å². The van der Waals surface area contributed by atoms with Crippen LogP contribution in [0.1, 0.15) is 23.6 Å². The van der Waals surface area contributed by atoms with Crippen LogP contribution in [0.4, 0.5) is 0 Å². The molecule has 0 saturated carbocycles. The average Bonchev–Trinajstić information content (AvgIpc) is 3.25. The molecule has 0 fully saturated rings. The number of carbonyl (C=O) groups excluding carboxylic acids is 1. The first-order chi connectivity index (χ1) is 15.9. The molecule has 4 rings (SSSR count). The maximum Gasteiger partial charge on any atom is 0.235 e. The monoisotopic (exact) mass is 457 g/mol. The van der Waals surface area contributed by atoms with E-state index in [2.05, 4.69) is 47.2 Å². The van der Waals surface area contributed by atoms with Gasteiger partial charge in [-0.25, -0.2) is 0 Å². The molecule has 0 radical (unpaired) electrons. The Bertz CT molecular complexity index is 1240. The number of benzene rings is 2. The van der Waals surface area contributed by atoms with Crippen molar-refractivity contribution in [3.05, 3.63) is 89.7 Å². The van der Waals surface area contributed by atoms with E-state index in [0.717, 1.165) is 22.6 Å². The maximum atomic E-state index is 13.1. The summed E-state index contributed by atoms with van der Waals surface area (Å²) in [5, 5.41) is 9.31. The van der Waals surface area contributed by atoms with Crippen molar-refractivity contribution >= 4 is 17.7 Å². The van der Waals surface area contributed by atoms with Crippen LogP contribution in [0.15, 0.2) is 78.2 Å². The molecule has 2 aromatic heterocycles. The Kier molecular flexibility index (Phi) is 6.89. The van der Waals surface area contributed by atoms with Crippen LogP contribution in [-0.2, 0) is 11.3 Å². The SMILES string of the molecule is Cc1ccc(-n2c(SC(C)C(=O)N(C)Cc3ccccc3)nnc2-c2ccncc2)cc1C. The Hall–Kier alpha value is -3.45. The van der Waals surface area contributed by atoms with Crippen molar-refractivity contribution in [2.24, 2.45) is 0 Å². The number of carbonyl (C=O) groups is 1. The van der Waals surface area contributed by atoms with Crippen molar-refractivity contribution in [1.82, 2.24) is 24.6 Å². The zero-order chi connectivity index (χ0) is 23.4. The molecule has 1 atom stereocenters. The van der Waals surface area contributed by atoms with Gasteiger partial charge < -0.3 is 4.90 Å². The molecule has 33 heavy (non-hydrogen) atoms. The van der Waals surface area contributed by atoms with E-state index in [1.165, 1.54) is 22.9 Å².